The first-order valence-corrected chi connectivity index (χ1v) is 11.0. The minimum atomic E-state index is -1.12. The van der Waals surface area contributed by atoms with Crippen molar-refractivity contribution in [2.45, 2.75) is 19.6 Å². The molecule has 172 valence electrons. The molecule has 9 heteroatoms. The monoisotopic (exact) mass is 496 g/mol. The van der Waals surface area contributed by atoms with Crippen LogP contribution < -0.4 is 5.32 Å². The van der Waals surface area contributed by atoms with Crippen LogP contribution >= 0.6 is 23.2 Å². The van der Waals surface area contributed by atoms with Crippen LogP contribution in [0.2, 0.25) is 10.0 Å². The van der Waals surface area contributed by atoms with Gasteiger partial charge in [0.05, 0.1) is 39.0 Å². The molecule has 0 saturated heterocycles. The summed E-state index contributed by atoms with van der Waals surface area (Å²) in [6, 6.07) is 17.7. The molecule has 0 bridgehead atoms. The number of halogens is 2. The smallest absolute Gasteiger partial charge is 0.338 e. The summed E-state index contributed by atoms with van der Waals surface area (Å²) in [5.41, 5.74) is 1.73. The molecule has 34 heavy (non-hydrogen) atoms. The Morgan fingerprint density at radius 3 is 2.26 bits per heavy atom. The number of benzene rings is 3. The first kappa shape index (κ1) is 23.5. The molecule has 0 radical (unpaired) electrons. The van der Waals surface area contributed by atoms with Crippen molar-refractivity contribution in [1.82, 2.24) is 4.90 Å². The third-order valence-electron chi connectivity index (χ3n) is 5.24. The summed E-state index contributed by atoms with van der Waals surface area (Å²) in [6.07, 6.45) is -1.12. The molecule has 1 heterocycles. The zero-order chi connectivity index (χ0) is 24.4. The zero-order valence-corrected chi connectivity index (χ0v) is 19.4. The summed E-state index contributed by atoms with van der Waals surface area (Å²) in [5.74, 6) is -2.10. The Hall–Kier alpha value is -3.68. The Balaban J connectivity index is 1.42. The van der Waals surface area contributed by atoms with Crippen molar-refractivity contribution in [2.24, 2.45) is 0 Å². The molecular formula is C25H18Cl2N2O5. The van der Waals surface area contributed by atoms with Crippen molar-refractivity contribution >= 4 is 52.6 Å². The summed E-state index contributed by atoms with van der Waals surface area (Å²) < 4.78 is 5.28. The van der Waals surface area contributed by atoms with Gasteiger partial charge in [-0.3, -0.25) is 19.3 Å². The lowest BCUT2D eigenvalue weighted by atomic mass is 10.1. The second-order valence-electron chi connectivity index (χ2n) is 7.58. The molecule has 1 aliphatic heterocycles. The van der Waals surface area contributed by atoms with E-state index in [1.54, 1.807) is 54.6 Å². The van der Waals surface area contributed by atoms with E-state index < -0.39 is 29.8 Å². The number of hydrogen-bond donors (Lipinski definition) is 1. The van der Waals surface area contributed by atoms with Crippen LogP contribution in [0, 0.1) is 0 Å². The summed E-state index contributed by atoms with van der Waals surface area (Å²) in [7, 11) is 0. The quantitative estimate of drug-likeness (QED) is 0.384. The maximum absolute atomic E-state index is 12.6. The maximum Gasteiger partial charge on any atom is 0.338 e. The fourth-order valence-corrected chi connectivity index (χ4v) is 3.83. The Kier molecular flexibility index (Phi) is 6.68. The summed E-state index contributed by atoms with van der Waals surface area (Å²) in [6.45, 7) is 1.42. The van der Waals surface area contributed by atoms with E-state index in [-0.39, 0.29) is 22.2 Å². The average molecular weight is 497 g/mol. The van der Waals surface area contributed by atoms with Crippen LogP contribution in [0.4, 0.5) is 5.69 Å². The van der Waals surface area contributed by atoms with Crippen LogP contribution in [-0.2, 0) is 16.1 Å². The van der Waals surface area contributed by atoms with Crippen molar-refractivity contribution in [3.05, 3.63) is 99.0 Å². The second-order valence-corrected chi connectivity index (χ2v) is 8.37. The van der Waals surface area contributed by atoms with Gasteiger partial charge in [-0.1, -0.05) is 53.5 Å². The predicted molar refractivity (Wildman–Crippen MR) is 127 cm³/mol. The van der Waals surface area contributed by atoms with Gasteiger partial charge >= 0.3 is 5.97 Å². The Morgan fingerprint density at radius 1 is 0.941 bits per heavy atom. The molecular weight excluding hydrogens is 479 g/mol. The van der Waals surface area contributed by atoms with E-state index in [2.05, 4.69) is 5.32 Å². The number of rotatable bonds is 6. The minimum absolute atomic E-state index is 0.00320. The van der Waals surface area contributed by atoms with E-state index in [1.807, 2.05) is 0 Å². The number of anilines is 1. The largest absolute Gasteiger partial charge is 0.449 e. The van der Waals surface area contributed by atoms with E-state index in [4.69, 9.17) is 27.9 Å². The molecule has 3 aromatic rings. The summed E-state index contributed by atoms with van der Waals surface area (Å²) in [4.78, 5) is 51.4. The number of amides is 3. The normalized spacial score (nSPS) is 13.4. The van der Waals surface area contributed by atoms with Crippen molar-refractivity contribution in [3.63, 3.8) is 0 Å². The number of esters is 1. The maximum atomic E-state index is 12.6. The summed E-state index contributed by atoms with van der Waals surface area (Å²) >= 11 is 12.0. The molecule has 4 rings (SSSR count). The number of fused-ring (bicyclic) bond motifs is 1. The highest BCUT2D eigenvalue weighted by atomic mass is 35.5. The number of imide groups is 1. The predicted octanol–water partition coefficient (Wildman–Crippen LogP) is 4.97. The van der Waals surface area contributed by atoms with Crippen LogP contribution in [-0.4, -0.2) is 34.7 Å². The van der Waals surface area contributed by atoms with Crippen molar-refractivity contribution in [2.75, 3.05) is 5.32 Å². The Morgan fingerprint density at radius 2 is 1.59 bits per heavy atom. The van der Waals surface area contributed by atoms with Gasteiger partial charge in [0.2, 0.25) is 0 Å². The van der Waals surface area contributed by atoms with Gasteiger partial charge in [-0.25, -0.2) is 4.79 Å². The first-order chi connectivity index (χ1) is 16.3. The molecule has 0 fully saturated rings. The highest BCUT2D eigenvalue weighted by molar-refractivity contribution is 6.44. The van der Waals surface area contributed by atoms with Gasteiger partial charge in [0, 0.05) is 0 Å². The van der Waals surface area contributed by atoms with Crippen LogP contribution in [0.3, 0.4) is 0 Å². The van der Waals surface area contributed by atoms with Gasteiger partial charge < -0.3 is 10.1 Å². The van der Waals surface area contributed by atoms with Gasteiger partial charge in [-0.2, -0.15) is 0 Å². The lowest BCUT2D eigenvalue weighted by Crippen LogP contribution is -2.30. The molecule has 0 spiro atoms. The number of nitrogens with zero attached hydrogens (tertiary/aromatic N) is 1. The zero-order valence-electron chi connectivity index (χ0n) is 17.9. The molecule has 1 unspecified atom stereocenters. The first-order valence-electron chi connectivity index (χ1n) is 10.3. The summed E-state index contributed by atoms with van der Waals surface area (Å²) in [5, 5.41) is 3.03. The minimum Gasteiger partial charge on any atom is -0.449 e. The lowest BCUT2D eigenvalue weighted by molar-refractivity contribution is -0.123. The number of carbonyl (C=O) groups is 4. The van der Waals surface area contributed by atoms with Gasteiger partial charge in [-0.05, 0) is 48.9 Å². The van der Waals surface area contributed by atoms with E-state index >= 15 is 0 Å². The Labute approximate surface area is 205 Å². The van der Waals surface area contributed by atoms with E-state index in [9.17, 15) is 19.2 Å². The third kappa shape index (κ3) is 4.66. The number of nitrogens with one attached hydrogen (secondary N) is 1. The molecule has 3 amide bonds. The van der Waals surface area contributed by atoms with Crippen LogP contribution in [0.1, 0.15) is 43.6 Å². The van der Waals surface area contributed by atoms with E-state index in [0.29, 0.717) is 22.4 Å². The van der Waals surface area contributed by atoms with Gasteiger partial charge in [0.25, 0.3) is 17.7 Å². The van der Waals surface area contributed by atoms with Crippen LogP contribution in [0.5, 0.6) is 0 Å². The highest BCUT2D eigenvalue weighted by Gasteiger charge is 2.35. The van der Waals surface area contributed by atoms with Crippen LogP contribution in [0.15, 0.2) is 66.7 Å². The fraction of sp³-hybridized carbons (Fsp3) is 0.120. The second kappa shape index (κ2) is 9.67. The van der Waals surface area contributed by atoms with Crippen molar-refractivity contribution in [1.29, 1.82) is 0 Å². The molecule has 7 nitrogen and oxygen atoms in total. The molecule has 1 N–H and O–H groups in total. The number of ether oxygens (including phenoxy) is 1. The lowest BCUT2D eigenvalue weighted by Gasteiger charge is -2.16. The van der Waals surface area contributed by atoms with E-state index in [0.717, 1.165) is 4.90 Å². The van der Waals surface area contributed by atoms with Crippen LogP contribution in [0.25, 0.3) is 0 Å². The molecule has 3 aromatic carbocycles. The molecule has 0 aromatic heterocycles. The molecule has 1 aliphatic rings. The number of carbonyl (C=O) groups excluding carboxylic acids is 4. The van der Waals surface area contributed by atoms with Gasteiger partial charge in [-0.15, -0.1) is 0 Å². The number of hydrogen-bond acceptors (Lipinski definition) is 5. The standard InChI is InChI=1S/C25H18Cl2N2O5/c1-14(22(30)28-20-11-5-10-19(26)21(20)27)34-25(33)16-7-4-6-15(12-16)13-29-23(31)17-8-2-3-9-18(17)24(29)32/h2-12,14H,13H2,1H3,(H,28,30). The highest BCUT2D eigenvalue weighted by Crippen LogP contribution is 2.29. The fourth-order valence-electron chi connectivity index (χ4n) is 3.48. The SMILES string of the molecule is CC(OC(=O)c1cccc(CN2C(=O)c3ccccc3C2=O)c1)C(=O)Nc1cccc(Cl)c1Cl. The van der Waals surface area contributed by atoms with E-state index in [1.165, 1.54) is 19.1 Å². The van der Waals surface area contributed by atoms with Gasteiger partial charge in [0.15, 0.2) is 6.10 Å². The van der Waals surface area contributed by atoms with Gasteiger partial charge in [0.1, 0.15) is 0 Å². The van der Waals surface area contributed by atoms with Crippen molar-refractivity contribution in [3.8, 4) is 0 Å². The molecule has 1 atom stereocenters. The Bertz CT molecular complexity index is 1290. The topological polar surface area (TPSA) is 92.8 Å². The molecule has 0 aliphatic carbocycles. The average Bonchev–Trinajstić information content (AvgIpc) is 3.07. The van der Waals surface area contributed by atoms with Crippen molar-refractivity contribution < 1.29 is 23.9 Å². The molecule has 0 saturated carbocycles. The third-order valence-corrected chi connectivity index (χ3v) is 6.06.